The van der Waals surface area contributed by atoms with Gasteiger partial charge in [0.05, 0.1) is 5.69 Å². The first-order valence-electron chi connectivity index (χ1n) is 10.4. The SMILES string of the molecule is O=C(NCc1cccc(Br)c1)c1ccc(-c2ccnc(NCCNc3ncccn3)n2)cc1. The second-order valence-electron chi connectivity index (χ2n) is 7.08. The van der Waals surface area contributed by atoms with Gasteiger partial charge in [0.15, 0.2) is 0 Å². The van der Waals surface area contributed by atoms with Crippen molar-refractivity contribution in [3.05, 3.63) is 94.9 Å². The standard InChI is InChI=1S/C24H22BrN7O/c25-20-4-1-3-17(15-20)16-31-22(33)19-7-5-18(6-8-19)21-9-12-28-24(32-21)30-14-13-29-23-26-10-2-11-27-23/h1-12,15H,13-14,16H2,(H,31,33)(H,26,27,29)(H,28,30,32). The number of nitrogens with zero attached hydrogens (tertiary/aromatic N) is 4. The first kappa shape index (κ1) is 22.3. The Morgan fingerprint density at radius 2 is 1.55 bits per heavy atom. The minimum Gasteiger partial charge on any atom is -0.352 e. The fraction of sp³-hybridized carbons (Fsp3) is 0.125. The van der Waals surface area contributed by atoms with Crippen LogP contribution in [0.15, 0.2) is 83.7 Å². The smallest absolute Gasteiger partial charge is 0.251 e. The topological polar surface area (TPSA) is 105 Å². The van der Waals surface area contributed by atoms with Crippen molar-refractivity contribution >= 4 is 33.7 Å². The van der Waals surface area contributed by atoms with E-state index in [2.05, 4.69) is 51.8 Å². The van der Waals surface area contributed by atoms with Gasteiger partial charge in [-0.05, 0) is 42.0 Å². The Morgan fingerprint density at radius 3 is 2.30 bits per heavy atom. The van der Waals surface area contributed by atoms with E-state index in [1.807, 2.05) is 42.5 Å². The summed E-state index contributed by atoms with van der Waals surface area (Å²) in [4.78, 5) is 29.5. The molecule has 0 saturated carbocycles. The Hall–Kier alpha value is -3.85. The molecule has 0 radical (unpaired) electrons. The van der Waals surface area contributed by atoms with E-state index in [1.165, 1.54) is 0 Å². The average Bonchev–Trinajstić information content (AvgIpc) is 2.86. The summed E-state index contributed by atoms with van der Waals surface area (Å²) in [5, 5.41) is 9.25. The molecule has 0 aliphatic rings. The zero-order chi connectivity index (χ0) is 22.9. The number of hydrogen-bond acceptors (Lipinski definition) is 7. The van der Waals surface area contributed by atoms with Gasteiger partial charge >= 0.3 is 0 Å². The van der Waals surface area contributed by atoms with E-state index in [0.29, 0.717) is 37.1 Å². The third-order valence-electron chi connectivity index (χ3n) is 4.70. The van der Waals surface area contributed by atoms with Gasteiger partial charge in [-0.15, -0.1) is 0 Å². The summed E-state index contributed by atoms with van der Waals surface area (Å²) >= 11 is 3.44. The van der Waals surface area contributed by atoms with Crippen molar-refractivity contribution in [3.8, 4) is 11.3 Å². The van der Waals surface area contributed by atoms with Crippen LogP contribution in [0.2, 0.25) is 0 Å². The fourth-order valence-electron chi connectivity index (χ4n) is 3.07. The number of hydrogen-bond donors (Lipinski definition) is 3. The minimum absolute atomic E-state index is 0.124. The predicted molar refractivity (Wildman–Crippen MR) is 132 cm³/mol. The number of aromatic nitrogens is 4. The van der Waals surface area contributed by atoms with Crippen LogP contribution in [0.3, 0.4) is 0 Å². The largest absolute Gasteiger partial charge is 0.352 e. The van der Waals surface area contributed by atoms with E-state index in [4.69, 9.17) is 0 Å². The Labute approximate surface area is 200 Å². The van der Waals surface area contributed by atoms with Crippen LogP contribution in [-0.4, -0.2) is 38.9 Å². The van der Waals surface area contributed by atoms with E-state index < -0.39 is 0 Å². The van der Waals surface area contributed by atoms with Crippen LogP contribution >= 0.6 is 15.9 Å². The number of benzene rings is 2. The van der Waals surface area contributed by atoms with Crippen molar-refractivity contribution in [1.82, 2.24) is 25.3 Å². The van der Waals surface area contributed by atoms with Crippen molar-refractivity contribution in [2.45, 2.75) is 6.54 Å². The molecule has 2 aromatic carbocycles. The van der Waals surface area contributed by atoms with Gasteiger partial charge in [-0.1, -0.05) is 40.2 Å². The molecule has 0 aliphatic carbocycles. The maximum absolute atomic E-state index is 12.5. The number of carbonyl (C=O) groups excluding carboxylic acids is 1. The Kier molecular flexibility index (Phi) is 7.55. The summed E-state index contributed by atoms with van der Waals surface area (Å²) in [6.45, 7) is 1.70. The van der Waals surface area contributed by atoms with Gasteiger partial charge in [0.1, 0.15) is 0 Å². The van der Waals surface area contributed by atoms with Crippen LogP contribution in [0.25, 0.3) is 11.3 Å². The lowest BCUT2D eigenvalue weighted by molar-refractivity contribution is 0.0951. The highest BCUT2D eigenvalue weighted by Gasteiger charge is 2.08. The van der Waals surface area contributed by atoms with Gasteiger partial charge in [0.25, 0.3) is 5.91 Å². The Morgan fingerprint density at radius 1 is 0.818 bits per heavy atom. The van der Waals surface area contributed by atoms with Crippen LogP contribution in [0.5, 0.6) is 0 Å². The molecule has 2 aromatic heterocycles. The molecule has 0 fully saturated rings. The molecule has 0 atom stereocenters. The normalized spacial score (nSPS) is 10.5. The number of anilines is 2. The minimum atomic E-state index is -0.124. The molecule has 0 bridgehead atoms. The van der Waals surface area contributed by atoms with Crippen molar-refractivity contribution < 1.29 is 4.79 Å². The van der Waals surface area contributed by atoms with Crippen LogP contribution in [0.1, 0.15) is 15.9 Å². The first-order valence-corrected chi connectivity index (χ1v) is 11.2. The first-order chi connectivity index (χ1) is 16.2. The second kappa shape index (κ2) is 11.1. The van der Waals surface area contributed by atoms with Crippen LogP contribution in [0, 0.1) is 0 Å². The lowest BCUT2D eigenvalue weighted by Gasteiger charge is -2.09. The van der Waals surface area contributed by atoms with E-state index in [1.54, 1.807) is 36.8 Å². The number of amides is 1. The lowest BCUT2D eigenvalue weighted by atomic mass is 10.1. The molecule has 33 heavy (non-hydrogen) atoms. The molecule has 0 aliphatic heterocycles. The summed E-state index contributed by atoms with van der Waals surface area (Å²) in [5.74, 6) is 0.982. The summed E-state index contributed by atoms with van der Waals surface area (Å²) in [6.07, 6.45) is 5.08. The quantitative estimate of drug-likeness (QED) is 0.294. The molecule has 0 saturated heterocycles. The van der Waals surface area contributed by atoms with Crippen molar-refractivity contribution in [1.29, 1.82) is 0 Å². The molecule has 0 unspecified atom stereocenters. The maximum Gasteiger partial charge on any atom is 0.251 e. The van der Waals surface area contributed by atoms with Gasteiger partial charge in [-0.2, -0.15) is 0 Å². The monoisotopic (exact) mass is 503 g/mol. The molecule has 9 heteroatoms. The lowest BCUT2D eigenvalue weighted by Crippen LogP contribution is -2.22. The van der Waals surface area contributed by atoms with Crippen LogP contribution in [0.4, 0.5) is 11.9 Å². The summed E-state index contributed by atoms with van der Waals surface area (Å²) in [7, 11) is 0. The third-order valence-corrected chi connectivity index (χ3v) is 5.19. The molecule has 3 N–H and O–H groups in total. The fourth-order valence-corrected chi connectivity index (χ4v) is 3.51. The van der Waals surface area contributed by atoms with Gasteiger partial charge in [-0.25, -0.2) is 19.9 Å². The summed E-state index contributed by atoms with van der Waals surface area (Å²) in [5.41, 5.74) is 3.30. The molecule has 0 spiro atoms. The maximum atomic E-state index is 12.5. The molecular formula is C24H22BrN7O. The molecular weight excluding hydrogens is 482 g/mol. The van der Waals surface area contributed by atoms with Crippen molar-refractivity contribution in [2.75, 3.05) is 23.7 Å². The average molecular weight is 504 g/mol. The summed E-state index contributed by atoms with van der Waals surface area (Å²) < 4.78 is 0.985. The van der Waals surface area contributed by atoms with Gasteiger partial charge < -0.3 is 16.0 Å². The van der Waals surface area contributed by atoms with Crippen LogP contribution in [-0.2, 0) is 6.54 Å². The molecule has 166 valence electrons. The van der Waals surface area contributed by atoms with Gasteiger partial charge in [0.2, 0.25) is 11.9 Å². The summed E-state index contributed by atoms with van der Waals surface area (Å²) in [6, 6.07) is 18.8. The Balaban J connectivity index is 1.31. The Bertz CT molecular complexity index is 1200. The van der Waals surface area contributed by atoms with Gasteiger partial charge in [0, 0.05) is 53.8 Å². The molecule has 4 rings (SSSR count). The predicted octanol–water partition coefficient (Wildman–Crippen LogP) is 4.15. The molecule has 4 aromatic rings. The van der Waals surface area contributed by atoms with E-state index >= 15 is 0 Å². The number of nitrogens with one attached hydrogen (secondary N) is 3. The highest BCUT2D eigenvalue weighted by Crippen LogP contribution is 2.18. The second-order valence-corrected chi connectivity index (χ2v) is 8.00. The number of rotatable bonds is 9. The van der Waals surface area contributed by atoms with Crippen molar-refractivity contribution in [2.24, 2.45) is 0 Å². The van der Waals surface area contributed by atoms with E-state index in [-0.39, 0.29) is 5.91 Å². The highest BCUT2D eigenvalue weighted by atomic mass is 79.9. The molecule has 1 amide bonds. The third kappa shape index (κ3) is 6.56. The van der Waals surface area contributed by atoms with Crippen molar-refractivity contribution in [3.63, 3.8) is 0 Å². The van der Waals surface area contributed by atoms with E-state index in [9.17, 15) is 4.79 Å². The zero-order valence-corrected chi connectivity index (χ0v) is 19.3. The van der Waals surface area contributed by atoms with Crippen LogP contribution < -0.4 is 16.0 Å². The van der Waals surface area contributed by atoms with E-state index in [0.717, 1.165) is 21.3 Å². The molecule has 2 heterocycles. The highest BCUT2D eigenvalue weighted by molar-refractivity contribution is 9.10. The zero-order valence-electron chi connectivity index (χ0n) is 17.7. The number of halogens is 1. The number of carbonyl (C=O) groups is 1. The van der Waals surface area contributed by atoms with Gasteiger partial charge in [-0.3, -0.25) is 4.79 Å². The molecule has 8 nitrogen and oxygen atoms in total.